The largest absolute Gasteiger partial charge is 0.480 e. The highest BCUT2D eigenvalue weighted by atomic mass is 32.2. The molecule has 0 saturated heterocycles. The summed E-state index contributed by atoms with van der Waals surface area (Å²) in [6, 6.07) is 5.31. The Morgan fingerprint density at radius 1 is 0.836 bits per heavy atom. The Morgan fingerprint density at radius 3 is 2.25 bits per heavy atom. The van der Waals surface area contributed by atoms with Gasteiger partial charge in [0.2, 0.25) is 41.4 Å². The predicted molar refractivity (Wildman–Crippen MR) is 269 cm³/mol. The molecule has 24 nitrogen and oxygen atoms in total. The maximum Gasteiger partial charge on any atom is 0.326 e. The first-order valence-electron chi connectivity index (χ1n) is 23.9. The van der Waals surface area contributed by atoms with Gasteiger partial charge in [-0.2, -0.15) is 11.8 Å². The number of carbonyl (C=O) groups excluding carboxylic acids is 7. The Hall–Kier alpha value is -7.64. The number of aromatic nitrogens is 6. The highest BCUT2D eigenvalue weighted by molar-refractivity contribution is 7.98. The van der Waals surface area contributed by atoms with Crippen molar-refractivity contribution in [1.29, 1.82) is 0 Å². The molecular weight excluding hydrogens is 963 g/mol. The van der Waals surface area contributed by atoms with Crippen molar-refractivity contribution in [3.05, 3.63) is 102 Å². The standard InChI is InChI=1S/C48H63N15O9S/c1-27-41(64)56-37(19-29-22-52-34-14-7-6-12-32(29)34)44(67)58-39(45(68)55-35(48(71)72)15-17-73-2)21-31-24-63(62-61-31)25-40(60-42(65)33(50)13-8-9-16-49)47(70)59-38(20-30-23-51-26-53-30)46(69)57-36(43(66)54-27)18-28-10-4-3-5-11-28/h3-7,10-12,14,22-24,26-27,33,35-40,52H,8-9,13,15-21,25,49-50H2,1-2H3,(H,51,53)(H,54,66)(H,55,68)(H,56,64)(H,57,69)(H,58,67)(H,59,70)(H,60,65)(H,71,72)/t27-,33-,35-,36+,37-,38-,39-,40-/m0/s1. The van der Waals surface area contributed by atoms with Crippen LogP contribution in [0.1, 0.15) is 55.1 Å². The molecule has 2 aromatic carbocycles. The van der Waals surface area contributed by atoms with Gasteiger partial charge in [-0.1, -0.05) is 60.2 Å². The Kier molecular flexibility index (Phi) is 20.0. The van der Waals surface area contributed by atoms with E-state index < -0.39 is 95.7 Å². The molecule has 5 aromatic rings. The number of thioether (sulfide) groups is 1. The summed E-state index contributed by atoms with van der Waals surface area (Å²) in [5.41, 5.74) is 14.5. The average molecular weight is 1030 g/mol. The molecule has 0 aliphatic carbocycles. The lowest BCUT2D eigenvalue weighted by molar-refractivity contribution is -0.142. The van der Waals surface area contributed by atoms with Crippen molar-refractivity contribution in [2.75, 3.05) is 18.6 Å². The number of carbonyl (C=O) groups is 8. The van der Waals surface area contributed by atoms with Crippen LogP contribution < -0.4 is 48.7 Å². The number of imidazole rings is 1. The van der Waals surface area contributed by atoms with E-state index in [2.05, 4.69) is 62.5 Å². The molecule has 7 amide bonds. The van der Waals surface area contributed by atoms with Gasteiger partial charge in [-0.3, -0.25) is 33.6 Å². The van der Waals surface area contributed by atoms with E-state index in [9.17, 15) is 43.5 Å². The van der Waals surface area contributed by atoms with Crippen LogP contribution in [0.5, 0.6) is 0 Å². The quantitative estimate of drug-likeness (QED) is 0.0444. The molecule has 73 heavy (non-hydrogen) atoms. The highest BCUT2D eigenvalue weighted by Crippen LogP contribution is 2.20. The number of rotatable bonds is 18. The van der Waals surface area contributed by atoms with Gasteiger partial charge in [-0.25, -0.2) is 14.5 Å². The minimum atomic E-state index is -1.51. The van der Waals surface area contributed by atoms with Crippen LogP contribution in [0.4, 0.5) is 0 Å². The summed E-state index contributed by atoms with van der Waals surface area (Å²) >= 11 is 1.38. The van der Waals surface area contributed by atoms with Crippen LogP contribution in [0.2, 0.25) is 0 Å². The Bertz CT molecular complexity index is 2680. The first-order chi connectivity index (χ1) is 35.1. The molecule has 2 bridgehead atoms. The average Bonchev–Trinajstić information content (AvgIpc) is 4.16. The smallest absolute Gasteiger partial charge is 0.326 e. The molecule has 25 heteroatoms. The van der Waals surface area contributed by atoms with Crippen molar-refractivity contribution in [2.24, 2.45) is 11.5 Å². The number of nitrogens with zero attached hydrogens (tertiary/aromatic N) is 4. The summed E-state index contributed by atoms with van der Waals surface area (Å²) in [5, 5.41) is 37.9. The third-order valence-corrected chi connectivity index (χ3v) is 12.8. The number of hydrogen-bond acceptors (Lipinski definition) is 14. The van der Waals surface area contributed by atoms with Crippen LogP contribution in [0.15, 0.2) is 79.5 Å². The fourth-order valence-corrected chi connectivity index (χ4v) is 8.58. The number of amides is 7. The maximum absolute atomic E-state index is 14.6. The van der Waals surface area contributed by atoms with E-state index in [0.717, 1.165) is 10.9 Å². The Morgan fingerprint density at radius 2 is 1.52 bits per heavy atom. The zero-order valence-electron chi connectivity index (χ0n) is 40.5. The summed E-state index contributed by atoms with van der Waals surface area (Å²) in [6.07, 6.45) is 8.45. The van der Waals surface area contributed by atoms with Gasteiger partial charge in [0, 0.05) is 60.9 Å². The Labute approximate surface area is 424 Å². The molecule has 0 fully saturated rings. The number of fused-ring (bicyclic) bond motifs is 3. The molecule has 3 aromatic heterocycles. The lowest BCUT2D eigenvalue weighted by Crippen LogP contribution is -2.60. The molecule has 1 aliphatic heterocycles. The maximum atomic E-state index is 14.6. The van der Waals surface area contributed by atoms with Crippen LogP contribution in [0.25, 0.3) is 10.9 Å². The van der Waals surface area contributed by atoms with Gasteiger partial charge in [0.25, 0.3) is 0 Å². The number of aliphatic carboxylic acids is 1. The number of H-pyrrole nitrogens is 2. The zero-order chi connectivity index (χ0) is 52.4. The van der Waals surface area contributed by atoms with Crippen LogP contribution in [-0.2, 0) is 70.6 Å². The van der Waals surface area contributed by atoms with E-state index in [4.69, 9.17) is 11.5 Å². The van der Waals surface area contributed by atoms with Crippen molar-refractivity contribution in [1.82, 2.24) is 67.2 Å². The molecule has 6 rings (SSSR count). The molecule has 0 radical (unpaired) electrons. The first kappa shape index (κ1) is 54.7. The topological polar surface area (TPSA) is 368 Å². The van der Waals surface area contributed by atoms with Crippen LogP contribution in [0.3, 0.4) is 0 Å². The summed E-state index contributed by atoms with van der Waals surface area (Å²) in [7, 11) is 0. The molecule has 4 heterocycles. The van der Waals surface area contributed by atoms with Gasteiger partial charge >= 0.3 is 5.97 Å². The van der Waals surface area contributed by atoms with Gasteiger partial charge in [-0.05, 0) is 61.9 Å². The molecule has 0 spiro atoms. The second-order valence-corrected chi connectivity index (χ2v) is 18.8. The van der Waals surface area contributed by atoms with E-state index in [1.54, 1.807) is 48.9 Å². The van der Waals surface area contributed by atoms with E-state index in [1.807, 2.05) is 18.2 Å². The van der Waals surface area contributed by atoms with Gasteiger partial charge in [0.05, 0.1) is 24.6 Å². The summed E-state index contributed by atoms with van der Waals surface area (Å²) < 4.78 is 1.21. The zero-order valence-corrected chi connectivity index (χ0v) is 41.3. The highest BCUT2D eigenvalue weighted by Gasteiger charge is 2.35. The molecule has 390 valence electrons. The van der Waals surface area contributed by atoms with Gasteiger partial charge in [0.1, 0.15) is 42.3 Å². The van der Waals surface area contributed by atoms with Crippen LogP contribution in [-0.4, -0.2) is 149 Å². The van der Waals surface area contributed by atoms with Crippen molar-refractivity contribution in [3.8, 4) is 0 Å². The van der Waals surface area contributed by atoms with Crippen LogP contribution in [0, 0.1) is 0 Å². The van der Waals surface area contributed by atoms with Gasteiger partial charge < -0.3 is 63.8 Å². The summed E-state index contributed by atoms with van der Waals surface area (Å²) in [5.74, 6) is -6.56. The van der Waals surface area contributed by atoms with Crippen molar-refractivity contribution in [2.45, 2.75) is 113 Å². The predicted octanol–water partition coefficient (Wildman–Crippen LogP) is -1.53. The van der Waals surface area contributed by atoms with Crippen molar-refractivity contribution >= 4 is 70.0 Å². The number of carboxylic acid groups (broad SMARTS) is 1. The number of carboxylic acids is 1. The van der Waals surface area contributed by atoms with Crippen molar-refractivity contribution in [3.63, 3.8) is 0 Å². The molecular formula is C48H63N15O9S. The summed E-state index contributed by atoms with van der Waals surface area (Å²) in [6.45, 7) is 1.39. The molecule has 0 unspecified atom stereocenters. The molecule has 0 saturated carbocycles. The number of unbranched alkanes of at least 4 members (excludes halogenated alkanes) is 1. The number of benzene rings is 2. The fourth-order valence-electron chi connectivity index (χ4n) is 8.11. The lowest BCUT2D eigenvalue weighted by Gasteiger charge is -2.27. The third-order valence-electron chi connectivity index (χ3n) is 12.2. The number of para-hydroxylation sites is 1. The normalized spacial score (nSPS) is 21.3. The lowest BCUT2D eigenvalue weighted by atomic mass is 10.0. The fraction of sp³-hybridized carbons (Fsp3) is 0.438. The molecule has 14 N–H and O–H groups in total. The van der Waals surface area contributed by atoms with E-state index in [-0.39, 0.29) is 50.8 Å². The Balaban J connectivity index is 1.41. The SMILES string of the molecule is CSCC[C@H](NC(=O)[C@@H]1Cc2cn(nn2)C[C@H](NC(=O)[C@@H](N)CCCCN)C(=O)N[C@@H](Cc2cnc[nH]2)C(=O)N[C@H](Cc2ccccc2)C(=O)N[C@@H](C)C(=O)N[C@@H](Cc2c[nH]c3ccccc23)C(=O)N1)C(=O)O. The molecule has 8 atom stereocenters. The van der Waals surface area contributed by atoms with Crippen LogP contribution >= 0.6 is 11.8 Å². The van der Waals surface area contributed by atoms with Gasteiger partial charge in [-0.15, -0.1) is 5.10 Å². The molecule has 1 aliphatic rings. The van der Waals surface area contributed by atoms with Crippen molar-refractivity contribution < 1.29 is 43.5 Å². The van der Waals surface area contributed by atoms with E-state index in [0.29, 0.717) is 42.0 Å². The number of nitrogens with one attached hydrogen (secondary N) is 9. The number of hydrogen-bond donors (Lipinski definition) is 12. The second-order valence-electron chi connectivity index (χ2n) is 17.8. The van der Waals surface area contributed by atoms with Gasteiger partial charge in [0.15, 0.2) is 0 Å². The second kappa shape index (κ2) is 26.7. The monoisotopic (exact) mass is 1030 g/mol. The summed E-state index contributed by atoms with van der Waals surface area (Å²) in [4.78, 5) is 122. The van der Waals surface area contributed by atoms with E-state index in [1.165, 1.54) is 42.1 Å². The number of nitrogens with two attached hydrogens (primary N) is 2. The number of aromatic amines is 2. The first-order valence-corrected chi connectivity index (χ1v) is 25.3. The minimum absolute atomic E-state index is 0.0537. The third kappa shape index (κ3) is 15.9. The minimum Gasteiger partial charge on any atom is -0.480 e. The van der Waals surface area contributed by atoms with E-state index >= 15 is 0 Å².